The number of benzene rings is 1. The number of rotatable bonds is 4. The van der Waals surface area contributed by atoms with Crippen LogP contribution in [0, 0.1) is 5.82 Å². The lowest BCUT2D eigenvalue weighted by molar-refractivity contribution is 0.179. The fourth-order valence-electron chi connectivity index (χ4n) is 1.14. The Hall–Kier alpha value is -1.29. The van der Waals surface area contributed by atoms with Gasteiger partial charge >= 0.3 is 0 Å². The van der Waals surface area contributed by atoms with Crippen LogP contribution in [0.25, 0.3) is 5.57 Å². The average Bonchev–Trinajstić information content (AvgIpc) is 2.20. The first-order valence-electron chi connectivity index (χ1n) is 4.53. The standard InChI is InChI=1S/C11H11F3O/c1-2-15-7-9(11(13)14)8-5-3-4-6-10(8)12/h3-6H,2,7H2,1H3. The summed E-state index contributed by atoms with van der Waals surface area (Å²) >= 11 is 0. The molecule has 1 nitrogen and oxygen atoms in total. The van der Waals surface area contributed by atoms with Crippen molar-refractivity contribution < 1.29 is 17.9 Å². The molecule has 0 unspecified atom stereocenters. The van der Waals surface area contributed by atoms with Gasteiger partial charge in [-0.1, -0.05) is 18.2 Å². The smallest absolute Gasteiger partial charge is 0.276 e. The Kier molecular flexibility index (Phi) is 4.37. The lowest BCUT2D eigenvalue weighted by Crippen LogP contribution is -2.00. The van der Waals surface area contributed by atoms with E-state index in [4.69, 9.17) is 4.74 Å². The molecule has 15 heavy (non-hydrogen) atoms. The molecule has 4 heteroatoms. The predicted octanol–water partition coefficient (Wildman–Crippen LogP) is 3.47. The van der Waals surface area contributed by atoms with E-state index < -0.39 is 17.5 Å². The number of hydrogen-bond donors (Lipinski definition) is 0. The maximum Gasteiger partial charge on any atom is 0.276 e. The summed E-state index contributed by atoms with van der Waals surface area (Å²) in [5, 5.41) is 0. The van der Waals surface area contributed by atoms with Gasteiger partial charge in [0.15, 0.2) is 0 Å². The molecule has 0 aromatic heterocycles. The minimum Gasteiger partial charge on any atom is -0.377 e. The van der Waals surface area contributed by atoms with E-state index in [1.807, 2.05) is 0 Å². The highest BCUT2D eigenvalue weighted by Gasteiger charge is 2.13. The topological polar surface area (TPSA) is 9.23 Å². The van der Waals surface area contributed by atoms with E-state index in [-0.39, 0.29) is 12.2 Å². The van der Waals surface area contributed by atoms with Crippen molar-refractivity contribution >= 4 is 5.57 Å². The van der Waals surface area contributed by atoms with Crippen LogP contribution in [0.3, 0.4) is 0 Å². The van der Waals surface area contributed by atoms with Gasteiger partial charge in [-0.05, 0) is 13.0 Å². The molecule has 0 N–H and O–H groups in total. The Balaban J connectivity index is 3.01. The first kappa shape index (κ1) is 11.8. The van der Waals surface area contributed by atoms with Crippen LogP contribution in [0.5, 0.6) is 0 Å². The van der Waals surface area contributed by atoms with Gasteiger partial charge in [0.05, 0.1) is 12.2 Å². The fraction of sp³-hybridized carbons (Fsp3) is 0.273. The Morgan fingerprint density at radius 3 is 2.47 bits per heavy atom. The van der Waals surface area contributed by atoms with E-state index in [1.54, 1.807) is 6.92 Å². The van der Waals surface area contributed by atoms with Gasteiger partial charge in [0, 0.05) is 12.2 Å². The van der Waals surface area contributed by atoms with E-state index in [1.165, 1.54) is 18.2 Å². The van der Waals surface area contributed by atoms with Crippen LogP contribution < -0.4 is 0 Å². The Morgan fingerprint density at radius 2 is 1.93 bits per heavy atom. The van der Waals surface area contributed by atoms with Crippen LogP contribution in [-0.4, -0.2) is 13.2 Å². The minimum absolute atomic E-state index is 0.106. The van der Waals surface area contributed by atoms with E-state index >= 15 is 0 Å². The van der Waals surface area contributed by atoms with Crippen LogP contribution in [0.4, 0.5) is 13.2 Å². The van der Waals surface area contributed by atoms with E-state index in [0.29, 0.717) is 6.61 Å². The van der Waals surface area contributed by atoms with Crippen LogP contribution >= 0.6 is 0 Å². The van der Waals surface area contributed by atoms with E-state index in [2.05, 4.69) is 0 Å². The molecular weight excluding hydrogens is 205 g/mol. The van der Waals surface area contributed by atoms with E-state index in [9.17, 15) is 13.2 Å². The van der Waals surface area contributed by atoms with E-state index in [0.717, 1.165) is 6.07 Å². The van der Waals surface area contributed by atoms with Crippen LogP contribution in [0.1, 0.15) is 12.5 Å². The predicted molar refractivity (Wildman–Crippen MR) is 52.0 cm³/mol. The van der Waals surface area contributed by atoms with Gasteiger partial charge in [-0.2, -0.15) is 8.78 Å². The quantitative estimate of drug-likeness (QED) is 0.748. The zero-order valence-corrected chi connectivity index (χ0v) is 8.27. The molecule has 0 bridgehead atoms. The molecule has 0 amide bonds. The lowest BCUT2D eigenvalue weighted by atomic mass is 10.1. The van der Waals surface area contributed by atoms with Crippen LogP contribution in [-0.2, 0) is 4.74 Å². The van der Waals surface area contributed by atoms with Crippen molar-refractivity contribution in [2.45, 2.75) is 6.92 Å². The summed E-state index contributed by atoms with van der Waals surface area (Å²) < 4.78 is 43.1. The molecule has 0 aliphatic carbocycles. The summed E-state index contributed by atoms with van der Waals surface area (Å²) in [7, 11) is 0. The maximum absolute atomic E-state index is 13.2. The summed E-state index contributed by atoms with van der Waals surface area (Å²) in [5.41, 5.74) is -0.499. The van der Waals surface area contributed by atoms with Crippen molar-refractivity contribution in [1.82, 2.24) is 0 Å². The van der Waals surface area contributed by atoms with Gasteiger partial charge in [-0.3, -0.25) is 0 Å². The lowest BCUT2D eigenvalue weighted by Gasteiger charge is -2.07. The highest BCUT2D eigenvalue weighted by atomic mass is 19.3. The third-order valence-electron chi connectivity index (χ3n) is 1.88. The molecule has 0 aliphatic rings. The highest BCUT2D eigenvalue weighted by molar-refractivity contribution is 5.67. The summed E-state index contributed by atoms with van der Waals surface area (Å²) in [6.45, 7) is 1.72. The molecule has 1 rings (SSSR count). The number of ether oxygens (including phenoxy) is 1. The molecule has 0 radical (unpaired) electrons. The van der Waals surface area contributed by atoms with Crippen molar-refractivity contribution in [3.63, 3.8) is 0 Å². The second-order valence-corrected chi connectivity index (χ2v) is 2.86. The average molecular weight is 216 g/mol. The molecule has 0 saturated carbocycles. The number of halogens is 3. The van der Waals surface area contributed by atoms with Crippen LogP contribution in [0.15, 0.2) is 30.3 Å². The van der Waals surface area contributed by atoms with Gasteiger partial charge in [-0.25, -0.2) is 4.39 Å². The van der Waals surface area contributed by atoms with Gasteiger partial charge in [-0.15, -0.1) is 0 Å². The molecule has 1 aromatic carbocycles. The normalized spacial score (nSPS) is 10.1. The Morgan fingerprint density at radius 1 is 1.27 bits per heavy atom. The zero-order chi connectivity index (χ0) is 11.3. The van der Waals surface area contributed by atoms with Crippen molar-refractivity contribution in [2.75, 3.05) is 13.2 Å². The first-order chi connectivity index (χ1) is 7.16. The molecule has 0 aliphatic heterocycles. The first-order valence-corrected chi connectivity index (χ1v) is 4.53. The van der Waals surface area contributed by atoms with Gasteiger partial charge in [0.25, 0.3) is 6.08 Å². The molecule has 0 fully saturated rings. The van der Waals surface area contributed by atoms with Crippen molar-refractivity contribution in [1.29, 1.82) is 0 Å². The molecule has 0 atom stereocenters. The highest BCUT2D eigenvalue weighted by Crippen LogP contribution is 2.23. The summed E-state index contributed by atoms with van der Waals surface area (Å²) in [6, 6.07) is 5.41. The van der Waals surface area contributed by atoms with Gasteiger partial charge < -0.3 is 4.74 Å². The summed E-state index contributed by atoms with van der Waals surface area (Å²) in [6.07, 6.45) is -1.91. The zero-order valence-electron chi connectivity index (χ0n) is 8.27. The molecular formula is C11H11F3O. The molecule has 0 spiro atoms. The largest absolute Gasteiger partial charge is 0.377 e. The third kappa shape index (κ3) is 3.09. The summed E-state index contributed by atoms with van der Waals surface area (Å²) in [4.78, 5) is 0. The Bertz CT molecular complexity index is 357. The van der Waals surface area contributed by atoms with Crippen molar-refractivity contribution in [2.24, 2.45) is 0 Å². The Labute approximate surface area is 86.2 Å². The number of hydrogen-bond acceptors (Lipinski definition) is 1. The van der Waals surface area contributed by atoms with Gasteiger partial charge in [0.1, 0.15) is 5.82 Å². The second-order valence-electron chi connectivity index (χ2n) is 2.86. The fourth-order valence-corrected chi connectivity index (χ4v) is 1.14. The van der Waals surface area contributed by atoms with Crippen molar-refractivity contribution in [3.8, 4) is 0 Å². The molecule has 0 heterocycles. The molecule has 0 saturated heterocycles. The molecule has 82 valence electrons. The van der Waals surface area contributed by atoms with Crippen LogP contribution in [0.2, 0.25) is 0 Å². The summed E-state index contributed by atoms with van der Waals surface area (Å²) in [5.74, 6) is -0.667. The minimum atomic E-state index is -1.91. The van der Waals surface area contributed by atoms with Gasteiger partial charge in [0.2, 0.25) is 0 Å². The molecule has 1 aromatic rings. The third-order valence-corrected chi connectivity index (χ3v) is 1.88. The maximum atomic E-state index is 13.2. The SMILES string of the molecule is CCOCC(=C(F)F)c1ccccc1F. The monoisotopic (exact) mass is 216 g/mol. The second kappa shape index (κ2) is 5.56. The van der Waals surface area contributed by atoms with Crippen molar-refractivity contribution in [3.05, 3.63) is 41.7 Å².